The number of nitrogens with one attached hydrogen (secondary N) is 1. The van der Waals surface area contributed by atoms with Crippen molar-refractivity contribution in [1.82, 2.24) is 10.2 Å². The first kappa shape index (κ1) is 14.8. The second-order valence-electron chi connectivity index (χ2n) is 4.35. The Morgan fingerprint density at radius 2 is 2.20 bits per heavy atom. The number of hydrogen-bond acceptors (Lipinski definition) is 6. The van der Waals surface area contributed by atoms with Crippen LogP contribution < -0.4 is 5.32 Å². The monoisotopic (exact) mass is 304 g/mol. The van der Waals surface area contributed by atoms with E-state index in [0.29, 0.717) is 0 Å². The predicted molar refractivity (Wildman–Crippen MR) is 84.5 cm³/mol. The van der Waals surface area contributed by atoms with E-state index in [0.717, 1.165) is 27.3 Å². The number of nitriles is 1. The largest absolute Gasteiger partial charge is 0.330 e. The lowest BCUT2D eigenvalue weighted by Crippen LogP contribution is -1.94. The van der Waals surface area contributed by atoms with E-state index in [2.05, 4.69) is 34.6 Å². The summed E-state index contributed by atoms with van der Waals surface area (Å²) in [6, 6.07) is 10.4. The van der Waals surface area contributed by atoms with Crippen molar-refractivity contribution in [1.29, 1.82) is 5.26 Å². The molecule has 0 fully saturated rings. The van der Waals surface area contributed by atoms with Crippen molar-refractivity contribution in [2.75, 3.05) is 11.1 Å². The average molecular weight is 304 g/mol. The molecule has 0 amide bonds. The quantitative estimate of drug-likeness (QED) is 0.814. The molecule has 0 aliphatic heterocycles. The van der Waals surface area contributed by atoms with Gasteiger partial charge in [-0.05, 0) is 25.0 Å². The number of aryl methyl sites for hydroxylation is 1. The second-order valence-corrected chi connectivity index (χ2v) is 6.59. The maximum atomic E-state index is 8.76. The summed E-state index contributed by atoms with van der Waals surface area (Å²) in [6.45, 7) is 4.04. The SMILES string of the molecule is CCc1ccccc1Nc1nnc(SC[C@@H](C)C#N)s1. The fourth-order valence-corrected chi connectivity index (χ4v) is 3.35. The minimum absolute atomic E-state index is 0.0288. The molecule has 104 valence electrons. The molecular weight excluding hydrogens is 288 g/mol. The second kappa shape index (κ2) is 7.27. The van der Waals surface area contributed by atoms with Gasteiger partial charge in [0.15, 0.2) is 4.34 Å². The first-order chi connectivity index (χ1) is 9.72. The Bertz CT molecular complexity index is 603. The number of nitrogens with zero attached hydrogens (tertiary/aromatic N) is 3. The Labute approximate surface area is 127 Å². The van der Waals surface area contributed by atoms with E-state index in [9.17, 15) is 0 Å². The summed E-state index contributed by atoms with van der Waals surface area (Å²) in [7, 11) is 0. The fourth-order valence-electron chi connectivity index (χ4n) is 1.62. The molecule has 0 bridgehead atoms. The topological polar surface area (TPSA) is 61.6 Å². The van der Waals surface area contributed by atoms with Crippen LogP contribution in [0.25, 0.3) is 0 Å². The van der Waals surface area contributed by atoms with Gasteiger partial charge in [0.1, 0.15) is 0 Å². The fraction of sp³-hybridized carbons (Fsp3) is 0.357. The lowest BCUT2D eigenvalue weighted by molar-refractivity contribution is 0.862. The number of thioether (sulfide) groups is 1. The van der Waals surface area contributed by atoms with Gasteiger partial charge >= 0.3 is 0 Å². The molecule has 20 heavy (non-hydrogen) atoms. The van der Waals surface area contributed by atoms with E-state index in [-0.39, 0.29) is 5.92 Å². The van der Waals surface area contributed by atoms with Crippen LogP contribution in [-0.2, 0) is 6.42 Å². The zero-order valence-electron chi connectivity index (χ0n) is 11.5. The van der Waals surface area contributed by atoms with Crippen molar-refractivity contribution in [2.24, 2.45) is 5.92 Å². The number of rotatable bonds is 6. The molecule has 0 aliphatic rings. The maximum Gasteiger partial charge on any atom is 0.210 e. The highest BCUT2D eigenvalue weighted by Gasteiger charge is 2.08. The highest BCUT2D eigenvalue weighted by atomic mass is 32.2. The molecule has 0 spiro atoms. The van der Waals surface area contributed by atoms with Crippen LogP contribution in [0.2, 0.25) is 0 Å². The summed E-state index contributed by atoms with van der Waals surface area (Å²) in [5, 5.41) is 21.1. The molecule has 0 saturated carbocycles. The van der Waals surface area contributed by atoms with Crippen molar-refractivity contribution in [3.63, 3.8) is 0 Å². The van der Waals surface area contributed by atoms with Crippen LogP contribution in [0.15, 0.2) is 28.6 Å². The molecule has 1 aromatic heterocycles. The number of aromatic nitrogens is 2. The summed E-state index contributed by atoms with van der Waals surface area (Å²) in [4.78, 5) is 0. The molecule has 6 heteroatoms. The molecule has 1 aromatic carbocycles. The number of hydrogen-bond donors (Lipinski definition) is 1. The van der Waals surface area contributed by atoms with Gasteiger partial charge in [-0.25, -0.2) is 0 Å². The van der Waals surface area contributed by atoms with E-state index < -0.39 is 0 Å². The summed E-state index contributed by atoms with van der Waals surface area (Å²) in [5.74, 6) is 0.776. The van der Waals surface area contributed by atoms with Crippen molar-refractivity contribution >= 4 is 33.9 Å². The van der Waals surface area contributed by atoms with Crippen LogP contribution in [0, 0.1) is 17.2 Å². The highest BCUT2D eigenvalue weighted by Crippen LogP contribution is 2.29. The summed E-state index contributed by atoms with van der Waals surface area (Å²) >= 11 is 3.10. The Morgan fingerprint density at radius 1 is 1.40 bits per heavy atom. The van der Waals surface area contributed by atoms with Gasteiger partial charge in [0.2, 0.25) is 5.13 Å². The Morgan fingerprint density at radius 3 is 2.95 bits per heavy atom. The Kier molecular flexibility index (Phi) is 5.39. The first-order valence-electron chi connectivity index (χ1n) is 6.43. The molecule has 1 atom stereocenters. The van der Waals surface area contributed by atoms with E-state index >= 15 is 0 Å². The maximum absolute atomic E-state index is 8.76. The lowest BCUT2D eigenvalue weighted by Gasteiger charge is -2.07. The predicted octanol–water partition coefficient (Wildman–Crippen LogP) is 4.10. The molecule has 4 nitrogen and oxygen atoms in total. The Balaban J connectivity index is 2.01. The standard InChI is InChI=1S/C14H16N4S2/c1-3-11-6-4-5-7-12(11)16-13-17-18-14(20-13)19-9-10(2)8-15/h4-7,10H,3,9H2,1-2H3,(H,16,17)/t10-/m0/s1. The third kappa shape index (κ3) is 3.95. The molecule has 0 aliphatic carbocycles. The smallest absolute Gasteiger partial charge is 0.210 e. The van der Waals surface area contributed by atoms with Crippen LogP contribution in [0.4, 0.5) is 10.8 Å². The van der Waals surface area contributed by atoms with Crippen molar-refractivity contribution < 1.29 is 0 Å². The van der Waals surface area contributed by atoms with Crippen LogP contribution in [0.1, 0.15) is 19.4 Å². The van der Waals surface area contributed by atoms with Crippen LogP contribution in [0.5, 0.6) is 0 Å². The molecule has 0 saturated heterocycles. The van der Waals surface area contributed by atoms with Gasteiger partial charge in [0.05, 0.1) is 12.0 Å². The Hall–Kier alpha value is -1.58. The van der Waals surface area contributed by atoms with Gasteiger partial charge in [-0.1, -0.05) is 48.2 Å². The molecule has 0 unspecified atom stereocenters. The van der Waals surface area contributed by atoms with Gasteiger partial charge in [0.25, 0.3) is 0 Å². The van der Waals surface area contributed by atoms with E-state index in [1.54, 1.807) is 11.8 Å². The third-order valence-electron chi connectivity index (χ3n) is 2.72. The number of para-hydroxylation sites is 1. The van der Waals surface area contributed by atoms with Gasteiger partial charge in [-0.2, -0.15) is 5.26 Å². The summed E-state index contributed by atoms with van der Waals surface area (Å²) in [6.07, 6.45) is 0.975. The normalized spacial score (nSPS) is 11.8. The molecule has 2 aromatic rings. The zero-order valence-corrected chi connectivity index (χ0v) is 13.1. The van der Waals surface area contributed by atoms with E-state index in [4.69, 9.17) is 5.26 Å². The third-order valence-corrected chi connectivity index (χ3v) is 4.96. The average Bonchev–Trinajstić information content (AvgIpc) is 2.93. The van der Waals surface area contributed by atoms with Crippen molar-refractivity contribution in [3.8, 4) is 6.07 Å². The minimum Gasteiger partial charge on any atom is -0.330 e. The first-order valence-corrected chi connectivity index (χ1v) is 8.24. The van der Waals surface area contributed by atoms with Crippen LogP contribution in [-0.4, -0.2) is 16.0 Å². The van der Waals surface area contributed by atoms with E-state index in [1.165, 1.54) is 16.9 Å². The van der Waals surface area contributed by atoms with Crippen LogP contribution in [0.3, 0.4) is 0 Å². The lowest BCUT2D eigenvalue weighted by atomic mass is 10.1. The van der Waals surface area contributed by atoms with Gasteiger partial charge in [-0.15, -0.1) is 10.2 Å². The van der Waals surface area contributed by atoms with Gasteiger partial charge in [0, 0.05) is 11.4 Å². The van der Waals surface area contributed by atoms with Crippen LogP contribution >= 0.6 is 23.1 Å². The molecule has 2 rings (SSSR count). The molecule has 1 N–H and O–H groups in total. The highest BCUT2D eigenvalue weighted by molar-refractivity contribution is 8.01. The minimum atomic E-state index is 0.0288. The molecule has 0 radical (unpaired) electrons. The van der Waals surface area contributed by atoms with Crippen molar-refractivity contribution in [3.05, 3.63) is 29.8 Å². The van der Waals surface area contributed by atoms with E-state index in [1.807, 2.05) is 25.1 Å². The number of anilines is 2. The number of benzene rings is 1. The molecule has 1 heterocycles. The van der Waals surface area contributed by atoms with Gasteiger partial charge < -0.3 is 5.32 Å². The zero-order chi connectivity index (χ0) is 14.4. The van der Waals surface area contributed by atoms with Gasteiger partial charge in [-0.3, -0.25) is 0 Å². The summed E-state index contributed by atoms with van der Waals surface area (Å²) in [5.41, 5.74) is 2.34. The van der Waals surface area contributed by atoms with Crippen molar-refractivity contribution in [2.45, 2.75) is 24.6 Å². The molecular formula is C14H16N4S2. The summed E-state index contributed by atoms with van der Waals surface area (Å²) < 4.78 is 0.892.